The molecule has 3 aromatic rings. The van der Waals surface area contributed by atoms with Gasteiger partial charge in [0.25, 0.3) is 5.91 Å². The van der Waals surface area contributed by atoms with E-state index in [0.717, 1.165) is 28.3 Å². The Kier molecular flexibility index (Phi) is 4.89. The lowest BCUT2D eigenvalue weighted by Gasteiger charge is -2.17. The molecule has 4 heterocycles. The molecule has 1 aliphatic heterocycles. The number of anilines is 2. The number of carbonyl (C=O) groups excluding carboxylic acids is 2. The Balaban J connectivity index is 1.59. The maximum Gasteiger partial charge on any atom is 0.283 e. The van der Waals surface area contributed by atoms with Crippen LogP contribution in [0.5, 0.6) is 0 Å². The normalized spacial score (nSPS) is 12.1. The van der Waals surface area contributed by atoms with Crippen molar-refractivity contribution in [3.63, 3.8) is 0 Å². The Hall–Kier alpha value is -3.47. The zero-order valence-electron chi connectivity index (χ0n) is 16.1. The topological polar surface area (TPSA) is 117 Å². The molecule has 0 saturated heterocycles. The third-order valence-corrected chi connectivity index (χ3v) is 5.29. The van der Waals surface area contributed by atoms with E-state index in [1.807, 2.05) is 6.07 Å². The van der Waals surface area contributed by atoms with E-state index < -0.39 is 0 Å². The first-order chi connectivity index (χ1) is 13.9. The minimum atomic E-state index is -0.343. The lowest BCUT2D eigenvalue weighted by molar-refractivity contribution is -0.129. The van der Waals surface area contributed by atoms with E-state index in [2.05, 4.69) is 30.2 Å². The second kappa shape index (κ2) is 7.51. The molecule has 0 spiro atoms. The molecular formula is C18H18N8O2S. The summed E-state index contributed by atoms with van der Waals surface area (Å²) in [5, 5.41) is 3.44. The van der Waals surface area contributed by atoms with Gasteiger partial charge >= 0.3 is 0 Å². The summed E-state index contributed by atoms with van der Waals surface area (Å²) >= 11 is 1.16. The first kappa shape index (κ1) is 18.9. The standard InChI is InChI=1S/C18H18N8O2S/c1-25(2)13(27)8-26(3)18(28)17-24-14-15(21-9-22-16(14)29-17)23-11-4-10-5-19-7-12(10)20-6-11/h4-6,9H,7-8H2,1-3H3,(H,21,22,23). The molecule has 0 aliphatic carbocycles. The third-order valence-electron chi connectivity index (χ3n) is 4.33. The maximum absolute atomic E-state index is 12.7. The molecule has 2 amide bonds. The van der Waals surface area contributed by atoms with E-state index >= 15 is 0 Å². The van der Waals surface area contributed by atoms with Gasteiger partial charge in [-0.25, -0.2) is 15.0 Å². The summed E-state index contributed by atoms with van der Waals surface area (Å²) < 4.78 is 0. The summed E-state index contributed by atoms with van der Waals surface area (Å²) in [7, 11) is 4.86. The number of thiazole rings is 1. The molecule has 1 aliphatic rings. The second-order valence-corrected chi connectivity index (χ2v) is 7.68. The van der Waals surface area contributed by atoms with Gasteiger partial charge in [0.05, 0.1) is 30.7 Å². The molecule has 1 N–H and O–H groups in total. The highest BCUT2D eigenvalue weighted by atomic mass is 32.1. The molecule has 29 heavy (non-hydrogen) atoms. The fourth-order valence-electron chi connectivity index (χ4n) is 2.71. The minimum absolute atomic E-state index is 0.0269. The molecule has 10 nitrogen and oxygen atoms in total. The van der Waals surface area contributed by atoms with Crippen LogP contribution in [0, 0.1) is 0 Å². The van der Waals surface area contributed by atoms with Crippen LogP contribution in [0.1, 0.15) is 21.1 Å². The lowest BCUT2D eigenvalue weighted by atomic mass is 10.2. The highest BCUT2D eigenvalue weighted by Gasteiger charge is 2.21. The van der Waals surface area contributed by atoms with E-state index in [9.17, 15) is 9.59 Å². The first-order valence-corrected chi connectivity index (χ1v) is 9.57. The minimum Gasteiger partial charge on any atom is -0.347 e. The molecular weight excluding hydrogens is 392 g/mol. The van der Waals surface area contributed by atoms with E-state index in [4.69, 9.17) is 0 Å². The van der Waals surface area contributed by atoms with Crippen molar-refractivity contribution in [2.75, 3.05) is 33.0 Å². The first-order valence-electron chi connectivity index (χ1n) is 8.75. The van der Waals surface area contributed by atoms with Crippen LogP contribution in [-0.2, 0) is 11.3 Å². The molecule has 0 fully saturated rings. The summed E-state index contributed by atoms with van der Waals surface area (Å²) in [5.74, 6) is -0.0321. The zero-order valence-corrected chi connectivity index (χ0v) is 16.9. The smallest absolute Gasteiger partial charge is 0.283 e. The van der Waals surface area contributed by atoms with E-state index in [-0.39, 0.29) is 23.4 Å². The monoisotopic (exact) mass is 410 g/mol. The number of aliphatic imine (C=N–C) groups is 1. The van der Waals surface area contributed by atoms with Crippen LogP contribution in [0.2, 0.25) is 0 Å². The van der Waals surface area contributed by atoms with Gasteiger partial charge in [0.1, 0.15) is 16.7 Å². The van der Waals surface area contributed by atoms with Crippen molar-refractivity contribution in [1.82, 2.24) is 29.7 Å². The molecule has 3 aromatic heterocycles. The number of hydrogen-bond acceptors (Lipinski definition) is 9. The van der Waals surface area contributed by atoms with Crippen LogP contribution in [0.25, 0.3) is 10.3 Å². The summed E-state index contributed by atoms with van der Waals surface area (Å²) in [6.45, 7) is 0.565. The van der Waals surface area contributed by atoms with Gasteiger partial charge in [-0.15, -0.1) is 0 Å². The van der Waals surface area contributed by atoms with Gasteiger partial charge in [0, 0.05) is 32.9 Å². The highest BCUT2D eigenvalue weighted by Crippen LogP contribution is 2.28. The quantitative estimate of drug-likeness (QED) is 0.674. The number of pyridine rings is 1. The van der Waals surface area contributed by atoms with Crippen molar-refractivity contribution in [3.05, 3.63) is 34.9 Å². The van der Waals surface area contributed by atoms with Crippen molar-refractivity contribution >= 4 is 51.2 Å². The van der Waals surface area contributed by atoms with E-state index in [1.165, 1.54) is 16.1 Å². The van der Waals surface area contributed by atoms with Crippen molar-refractivity contribution in [3.8, 4) is 0 Å². The molecule has 4 rings (SSSR count). The van der Waals surface area contributed by atoms with Crippen LogP contribution < -0.4 is 5.32 Å². The van der Waals surface area contributed by atoms with Gasteiger partial charge in [-0.05, 0) is 6.07 Å². The van der Waals surface area contributed by atoms with Crippen molar-refractivity contribution < 1.29 is 9.59 Å². The second-order valence-electron chi connectivity index (χ2n) is 6.70. The van der Waals surface area contributed by atoms with Crippen molar-refractivity contribution in [1.29, 1.82) is 0 Å². The number of rotatable bonds is 5. The number of fused-ring (bicyclic) bond motifs is 2. The Labute approximate surface area is 170 Å². The van der Waals surface area contributed by atoms with Crippen LogP contribution >= 0.6 is 11.3 Å². The lowest BCUT2D eigenvalue weighted by Crippen LogP contribution is -2.37. The molecule has 0 radical (unpaired) electrons. The molecule has 0 saturated carbocycles. The van der Waals surface area contributed by atoms with Crippen LogP contribution in [0.4, 0.5) is 11.5 Å². The summed E-state index contributed by atoms with van der Waals surface area (Å²) in [6, 6.07) is 1.94. The Morgan fingerprint density at radius 1 is 1.21 bits per heavy atom. The number of aromatic nitrogens is 4. The van der Waals surface area contributed by atoms with Gasteiger partial charge in [-0.3, -0.25) is 19.6 Å². The number of nitrogens with one attached hydrogen (secondary N) is 1. The fraction of sp³-hybridized carbons (Fsp3) is 0.278. The molecule has 11 heteroatoms. The summed E-state index contributed by atoms with van der Waals surface area (Å²) in [4.78, 5) is 49.4. The highest BCUT2D eigenvalue weighted by molar-refractivity contribution is 7.19. The van der Waals surface area contributed by atoms with Gasteiger partial charge in [-0.1, -0.05) is 11.3 Å². The molecule has 0 unspecified atom stereocenters. The number of amides is 2. The molecule has 0 atom stereocenters. The average Bonchev–Trinajstić information content (AvgIpc) is 3.34. The zero-order chi connectivity index (χ0) is 20.5. The SMILES string of the molecule is CN(C)C(=O)CN(C)C(=O)c1nc2c(Nc3cnc4c(c3)C=NC4)ncnc2s1. The fourth-order valence-corrected chi connectivity index (χ4v) is 3.61. The van der Waals surface area contributed by atoms with Crippen LogP contribution in [0.15, 0.2) is 23.6 Å². The third kappa shape index (κ3) is 3.76. The summed E-state index contributed by atoms with van der Waals surface area (Å²) in [6.07, 6.45) is 4.91. The average molecular weight is 410 g/mol. The largest absolute Gasteiger partial charge is 0.347 e. The van der Waals surface area contributed by atoms with Crippen LogP contribution in [-0.4, -0.2) is 75.5 Å². The number of nitrogens with zero attached hydrogens (tertiary/aromatic N) is 7. The Morgan fingerprint density at radius 3 is 2.83 bits per heavy atom. The van der Waals surface area contributed by atoms with Crippen LogP contribution in [0.3, 0.4) is 0 Å². The molecule has 148 valence electrons. The molecule has 0 aromatic carbocycles. The predicted molar refractivity (Wildman–Crippen MR) is 110 cm³/mol. The molecule has 0 bridgehead atoms. The van der Waals surface area contributed by atoms with Gasteiger partial charge in [0.2, 0.25) is 5.91 Å². The van der Waals surface area contributed by atoms with Gasteiger partial charge < -0.3 is 15.1 Å². The van der Waals surface area contributed by atoms with E-state index in [1.54, 1.807) is 33.6 Å². The predicted octanol–water partition coefficient (Wildman–Crippen LogP) is 1.32. The summed E-state index contributed by atoms with van der Waals surface area (Å²) in [5.41, 5.74) is 3.12. The van der Waals surface area contributed by atoms with E-state index in [0.29, 0.717) is 22.7 Å². The van der Waals surface area contributed by atoms with Gasteiger partial charge in [-0.2, -0.15) is 0 Å². The van der Waals surface area contributed by atoms with Crippen molar-refractivity contribution in [2.24, 2.45) is 4.99 Å². The van der Waals surface area contributed by atoms with Gasteiger partial charge in [0.15, 0.2) is 10.8 Å². The number of hydrogen-bond donors (Lipinski definition) is 1. The Morgan fingerprint density at radius 2 is 2.03 bits per heavy atom. The van der Waals surface area contributed by atoms with Crippen molar-refractivity contribution in [2.45, 2.75) is 6.54 Å². The Bertz CT molecular complexity index is 1140. The maximum atomic E-state index is 12.7. The number of carbonyl (C=O) groups is 2. The number of likely N-dealkylation sites (N-methyl/N-ethyl adjacent to an activating group) is 2.